The first kappa shape index (κ1) is 19.8. The number of guanidine groups is 1. The molecule has 0 fully saturated rings. The third-order valence-corrected chi connectivity index (χ3v) is 4.94. The van der Waals surface area contributed by atoms with Crippen molar-refractivity contribution in [3.8, 4) is 0 Å². The van der Waals surface area contributed by atoms with Gasteiger partial charge >= 0.3 is 0 Å². The number of halogens is 1. The molecular formula is C17H22FN5O2S. The maximum atomic E-state index is 12.9. The topological polar surface area (TPSA) is 95.5 Å². The maximum Gasteiger partial charge on any atom is 0.242 e. The van der Waals surface area contributed by atoms with Gasteiger partial charge in [0.15, 0.2) is 5.96 Å². The highest BCUT2D eigenvalue weighted by molar-refractivity contribution is 7.89. The number of hydrogen-bond acceptors (Lipinski definition) is 4. The molecule has 1 heterocycles. The molecule has 0 aliphatic heterocycles. The first-order chi connectivity index (χ1) is 12.5. The van der Waals surface area contributed by atoms with Crippen LogP contribution in [0.1, 0.15) is 5.56 Å². The van der Waals surface area contributed by atoms with Crippen LogP contribution in [0.4, 0.5) is 4.39 Å². The summed E-state index contributed by atoms with van der Waals surface area (Å²) in [5, 5.41) is 6.14. The highest BCUT2D eigenvalue weighted by Crippen LogP contribution is 2.04. The van der Waals surface area contributed by atoms with Crippen molar-refractivity contribution in [3.63, 3.8) is 0 Å². The van der Waals surface area contributed by atoms with Crippen LogP contribution in [0, 0.1) is 5.82 Å². The molecule has 1 aromatic carbocycles. The second-order valence-corrected chi connectivity index (χ2v) is 7.16. The lowest BCUT2D eigenvalue weighted by molar-refractivity contribution is 0.580. The fourth-order valence-corrected chi connectivity index (χ4v) is 3.15. The molecule has 2 aromatic rings. The van der Waals surface area contributed by atoms with Gasteiger partial charge in [-0.1, -0.05) is 12.1 Å². The summed E-state index contributed by atoms with van der Waals surface area (Å²) in [5.41, 5.74) is 1.01. The van der Waals surface area contributed by atoms with E-state index < -0.39 is 10.0 Å². The molecule has 0 saturated carbocycles. The molecule has 0 saturated heterocycles. The van der Waals surface area contributed by atoms with E-state index in [1.54, 1.807) is 25.2 Å². The summed E-state index contributed by atoms with van der Waals surface area (Å²) in [4.78, 5) is 8.00. The number of aromatic nitrogens is 1. The average molecular weight is 379 g/mol. The molecule has 3 N–H and O–H groups in total. The number of pyridine rings is 1. The number of aliphatic imine (C=N–C) groups is 1. The van der Waals surface area contributed by atoms with Crippen LogP contribution in [0.3, 0.4) is 0 Å². The smallest absolute Gasteiger partial charge is 0.242 e. The van der Waals surface area contributed by atoms with E-state index in [-0.39, 0.29) is 17.3 Å². The molecule has 1 aromatic heterocycles. The van der Waals surface area contributed by atoms with Crippen LogP contribution in [0.2, 0.25) is 0 Å². The molecule has 9 heteroatoms. The van der Waals surface area contributed by atoms with Gasteiger partial charge in [0.1, 0.15) is 10.7 Å². The summed E-state index contributed by atoms with van der Waals surface area (Å²) in [6.07, 6.45) is 3.53. The van der Waals surface area contributed by atoms with Crippen molar-refractivity contribution in [1.29, 1.82) is 0 Å². The Hall–Kier alpha value is -2.52. The molecular weight excluding hydrogens is 357 g/mol. The molecule has 0 amide bonds. The van der Waals surface area contributed by atoms with Crippen LogP contribution in [-0.4, -0.2) is 46.0 Å². The zero-order valence-corrected chi connectivity index (χ0v) is 15.3. The van der Waals surface area contributed by atoms with E-state index in [0.29, 0.717) is 25.5 Å². The van der Waals surface area contributed by atoms with Gasteiger partial charge in [0.25, 0.3) is 0 Å². The highest BCUT2D eigenvalue weighted by atomic mass is 32.2. The molecule has 26 heavy (non-hydrogen) atoms. The van der Waals surface area contributed by atoms with E-state index in [1.165, 1.54) is 30.6 Å². The predicted molar refractivity (Wildman–Crippen MR) is 98.9 cm³/mol. The van der Waals surface area contributed by atoms with Crippen LogP contribution in [0.15, 0.2) is 58.7 Å². The van der Waals surface area contributed by atoms with Gasteiger partial charge < -0.3 is 10.6 Å². The number of hydrogen-bond donors (Lipinski definition) is 3. The van der Waals surface area contributed by atoms with Gasteiger partial charge in [-0.05, 0) is 36.2 Å². The fourth-order valence-electron chi connectivity index (χ4n) is 2.15. The molecule has 0 aliphatic carbocycles. The monoisotopic (exact) mass is 379 g/mol. The minimum absolute atomic E-state index is 0.127. The largest absolute Gasteiger partial charge is 0.356 e. The molecule has 0 bridgehead atoms. The van der Waals surface area contributed by atoms with E-state index in [1.807, 2.05) is 0 Å². The van der Waals surface area contributed by atoms with Gasteiger partial charge in [0.2, 0.25) is 10.0 Å². The van der Waals surface area contributed by atoms with Gasteiger partial charge in [0, 0.05) is 39.1 Å². The number of sulfonamides is 1. The van der Waals surface area contributed by atoms with E-state index >= 15 is 0 Å². The third kappa shape index (κ3) is 6.41. The van der Waals surface area contributed by atoms with Crippen molar-refractivity contribution in [2.24, 2.45) is 4.99 Å². The second kappa shape index (κ2) is 9.83. The van der Waals surface area contributed by atoms with Crippen molar-refractivity contribution in [3.05, 3.63) is 60.2 Å². The predicted octanol–water partition coefficient (Wildman–Crippen LogP) is 0.907. The van der Waals surface area contributed by atoms with Crippen LogP contribution < -0.4 is 15.4 Å². The van der Waals surface area contributed by atoms with Crippen LogP contribution in [0.5, 0.6) is 0 Å². The lowest BCUT2D eigenvalue weighted by atomic mass is 10.1. The lowest BCUT2D eigenvalue weighted by Gasteiger charge is -2.12. The summed E-state index contributed by atoms with van der Waals surface area (Å²) in [6, 6.07) is 9.38. The first-order valence-corrected chi connectivity index (χ1v) is 9.58. The van der Waals surface area contributed by atoms with E-state index in [4.69, 9.17) is 0 Å². The minimum atomic E-state index is -3.56. The van der Waals surface area contributed by atoms with Gasteiger partial charge in [-0.2, -0.15) is 0 Å². The van der Waals surface area contributed by atoms with Gasteiger partial charge in [0.05, 0.1) is 0 Å². The molecule has 0 spiro atoms. The van der Waals surface area contributed by atoms with Crippen molar-refractivity contribution in [1.82, 2.24) is 20.3 Å². The maximum absolute atomic E-state index is 12.9. The molecule has 2 rings (SSSR count). The Bertz CT molecular complexity index is 811. The standard InChI is InChI=1S/C17H22FN5O2S/c1-19-17(21-10-8-14-4-6-15(18)7-5-14)22-11-12-23-26(24,25)16-3-2-9-20-13-16/h2-7,9,13,23H,8,10-12H2,1H3,(H2,19,21,22). The molecule has 140 valence electrons. The van der Waals surface area contributed by atoms with E-state index in [2.05, 4.69) is 25.3 Å². The third-order valence-electron chi connectivity index (χ3n) is 3.50. The Balaban J connectivity index is 1.69. The molecule has 0 aliphatic rings. The summed E-state index contributed by atoms with van der Waals surface area (Å²) in [5.74, 6) is 0.306. The minimum Gasteiger partial charge on any atom is -0.356 e. The van der Waals surface area contributed by atoms with Gasteiger partial charge in [-0.3, -0.25) is 9.98 Å². The van der Waals surface area contributed by atoms with Crippen LogP contribution in [-0.2, 0) is 16.4 Å². The van der Waals surface area contributed by atoms with Gasteiger partial charge in [-0.15, -0.1) is 0 Å². The number of nitrogens with zero attached hydrogens (tertiary/aromatic N) is 2. The Morgan fingerprint density at radius 2 is 1.85 bits per heavy atom. The zero-order valence-electron chi connectivity index (χ0n) is 14.4. The van der Waals surface area contributed by atoms with E-state index in [0.717, 1.165) is 5.56 Å². The van der Waals surface area contributed by atoms with Crippen molar-refractivity contribution in [2.75, 3.05) is 26.7 Å². The number of benzene rings is 1. The van der Waals surface area contributed by atoms with Crippen molar-refractivity contribution in [2.45, 2.75) is 11.3 Å². The van der Waals surface area contributed by atoms with Crippen LogP contribution in [0.25, 0.3) is 0 Å². The van der Waals surface area contributed by atoms with E-state index in [9.17, 15) is 12.8 Å². The lowest BCUT2D eigenvalue weighted by Crippen LogP contribution is -2.42. The molecule has 0 radical (unpaired) electrons. The fraction of sp³-hybridized carbons (Fsp3) is 0.294. The summed E-state index contributed by atoms with van der Waals surface area (Å²) < 4.78 is 39.4. The van der Waals surface area contributed by atoms with Gasteiger partial charge in [-0.25, -0.2) is 17.5 Å². The Labute approximate surface area is 152 Å². The average Bonchev–Trinajstić information content (AvgIpc) is 2.66. The molecule has 0 unspecified atom stereocenters. The summed E-state index contributed by atoms with van der Waals surface area (Å²) in [6.45, 7) is 1.19. The Kier molecular flexibility index (Phi) is 7.49. The second-order valence-electron chi connectivity index (χ2n) is 5.39. The Morgan fingerprint density at radius 1 is 1.12 bits per heavy atom. The summed E-state index contributed by atoms with van der Waals surface area (Å²) >= 11 is 0. The number of rotatable bonds is 8. The highest BCUT2D eigenvalue weighted by Gasteiger charge is 2.12. The molecule has 0 atom stereocenters. The summed E-state index contributed by atoms with van der Waals surface area (Å²) in [7, 11) is -1.93. The quantitative estimate of drug-likeness (QED) is 0.360. The SMILES string of the molecule is CN=C(NCCNS(=O)(=O)c1cccnc1)NCCc1ccc(F)cc1. The van der Waals surface area contributed by atoms with Crippen molar-refractivity contribution >= 4 is 16.0 Å². The van der Waals surface area contributed by atoms with Crippen LogP contribution >= 0.6 is 0 Å². The molecule has 7 nitrogen and oxygen atoms in total. The van der Waals surface area contributed by atoms with Crippen molar-refractivity contribution < 1.29 is 12.8 Å². The number of nitrogens with one attached hydrogen (secondary N) is 3. The zero-order chi connectivity index (χ0) is 18.8. The first-order valence-electron chi connectivity index (χ1n) is 8.10. The normalized spacial score (nSPS) is 12.0. The Morgan fingerprint density at radius 3 is 2.50 bits per heavy atom.